The average molecular weight is 386 g/mol. The van der Waals surface area contributed by atoms with Crippen LogP contribution >= 0.6 is 0 Å². The predicted octanol–water partition coefficient (Wildman–Crippen LogP) is 4.70. The van der Waals surface area contributed by atoms with Crippen molar-refractivity contribution in [1.82, 2.24) is 14.5 Å². The first-order valence-corrected chi connectivity index (χ1v) is 10.3. The van der Waals surface area contributed by atoms with Crippen LogP contribution in [0.2, 0.25) is 0 Å². The van der Waals surface area contributed by atoms with Gasteiger partial charge in [0.1, 0.15) is 0 Å². The van der Waals surface area contributed by atoms with Crippen LogP contribution in [0.1, 0.15) is 47.3 Å². The molecule has 1 aliphatic carbocycles. The lowest BCUT2D eigenvalue weighted by Gasteiger charge is -2.22. The highest BCUT2D eigenvalue weighted by molar-refractivity contribution is 6.07. The van der Waals surface area contributed by atoms with E-state index in [1.54, 1.807) is 0 Å². The van der Waals surface area contributed by atoms with Gasteiger partial charge >= 0.3 is 0 Å². The molecule has 0 unspecified atom stereocenters. The molecule has 0 N–H and O–H groups in total. The lowest BCUT2D eigenvalue weighted by molar-refractivity contribution is 0.0736. The number of rotatable bonds is 8. The van der Waals surface area contributed by atoms with Gasteiger partial charge in [-0.1, -0.05) is 24.3 Å². The molecule has 1 fully saturated rings. The number of nitrogens with zero attached hydrogens (tertiary/aromatic N) is 4. The minimum absolute atomic E-state index is 0.0766. The quantitative estimate of drug-likeness (QED) is 0.527. The molecule has 148 valence electrons. The number of nitriles is 1. The van der Waals surface area contributed by atoms with Gasteiger partial charge in [0, 0.05) is 55.0 Å². The summed E-state index contributed by atoms with van der Waals surface area (Å²) >= 11 is 0. The molecule has 0 spiro atoms. The van der Waals surface area contributed by atoms with Crippen LogP contribution in [-0.4, -0.2) is 26.9 Å². The molecule has 1 saturated carbocycles. The van der Waals surface area contributed by atoms with Gasteiger partial charge in [0.15, 0.2) is 0 Å². The second-order valence-corrected chi connectivity index (χ2v) is 7.95. The zero-order valence-corrected chi connectivity index (χ0v) is 16.8. The molecule has 1 aliphatic rings. The van der Waals surface area contributed by atoms with E-state index in [0.29, 0.717) is 18.9 Å². The minimum Gasteiger partial charge on any atom is -0.347 e. The van der Waals surface area contributed by atoms with Crippen molar-refractivity contribution in [3.05, 3.63) is 65.6 Å². The number of carbonyl (C=O) groups is 1. The Labute approximate surface area is 171 Å². The van der Waals surface area contributed by atoms with Crippen LogP contribution in [0.5, 0.6) is 0 Å². The number of hydrogen-bond donors (Lipinski definition) is 0. The molecule has 0 aliphatic heterocycles. The Balaban J connectivity index is 1.63. The first kappa shape index (κ1) is 19.2. The van der Waals surface area contributed by atoms with E-state index >= 15 is 0 Å². The summed E-state index contributed by atoms with van der Waals surface area (Å²) in [6, 6.07) is 14.3. The first-order chi connectivity index (χ1) is 14.2. The van der Waals surface area contributed by atoms with Crippen LogP contribution in [0.4, 0.5) is 0 Å². The van der Waals surface area contributed by atoms with Gasteiger partial charge in [-0.25, -0.2) is 0 Å². The van der Waals surface area contributed by atoms with Crippen molar-refractivity contribution in [2.75, 3.05) is 6.54 Å². The third-order valence-electron chi connectivity index (χ3n) is 5.52. The Morgan fingerprint density at radius 3 is 2.83 bits per heavy atom. The van der Waals surface area contributed by atoms with Crippen LogP contribution in [0.15, 0.2) is 48.8 Å². The Hall–Kier alpha value is -3.13. The number of aryl methyl sites for hydroxylation is 2. The number of fused-ring (bicyclic) bond motifs is 1. The van der Waals surface area contributed by atoms with Gasteiger partial charge in [-0.15, -0.1) is 0 Å². The van der Waals surface area contributed by atoms with Crippen molar-refractivity contribution in [3.8, 4) is 6.07 Å². The largest absolute Gasteiger partial charge is 0.347 e. The zero-order valence-electron chi connectivity index (χ0n) is 16.8. The maximum absolute atomic E-state index is 13.6. The maximum Gasteiger partial charge on any atom is 0.256 e. The summed E-state index contributed by atoms with van der Waals surface area (Å²) in [5.41, 5.74) is 3.84. The van der Waals surface area contributed by atoms with E-state index in [0.717, 1.165) is 47.2 Å². The van der Waals surface area contributed by atoms with Gasteiger partial charge in [0.2, 0.25) is 0 Å². The standard InChI is InChI=1S/C24H26N4O/c1-18-8-9-20(14-26-18)16-28(15-19-10-11-19)24(29)22-17-27(13-5-4-12-25)23-7-3-2-6-21(22)23/h2-3,6-9,14,17,19H,4-5,10-11,13,15-16H2,1H3. The van der Waals surface area contributed by atoms with E-state index in [9.17, 15) is 4.79 Å². The van der Waals surface area contributed by atoms with Gasteiger partial charge in [0.05, 0.1) is 11.6 Å². The zero-order chi connectivity index (χ0) is 20.2. The summed E-state index contributed by atoms with van der Waals surface area (Å²) in [6.45, 7) is 4.08. The number of benzene rings is 1. The molecule has 0 radical (unpaired) electrons. The van der Waals surface area contributed by atoms with E-state index < -0.39 is 0 Å². The molecular formula is C24H26N4O. The number of carbonyl (C=O) groups excluding carboxylic acids is 1. The van der Waals surface area contributed by atoms with Crippen molar-refractivity contribution in [2.45, 2.75) is 45.7 Å². The number of unbranched alkanes of at least 4 members (excludes halogenated alkanes) is 1. The van der Waals surface area contributed by atoms with Crippen LogP contribution in [0.3, 0.4) is 0 Å². The summed E-state index contributed by atoms with van der Waals surface area (Å²) in [5, 5.41) is 9.83. The topological polar surface area (TPSA) is 61.9 Å². The lowest BCUT2D eigenvalue weighted by atomic mass is 10.1. The van der Waals surface area contributed by atoms with E-state index in [1.165, 1.54) is 12.8 Å². The van der Waals surface area contributed by atoms with Crippen molar-refractivity contribution in [3.63, 3.8) is 0 Å². The molecular weight excluding hydrogens is 360 g/mol. The molecule has 1 amide bonds. The maximum atomic E-state index is 13.6. The molecule has 2 heterocycles. The average Bonchev–Trinajstić information content (AvgIpc) is 3.48. The number of amides is 1. The van der Waals surface area contributed by atoms with Gasteiger partial charge in [0.25, 0.3) is 5.91 Å². The van der Waals surface area contributed by atoms with Crippen molar-refractivity contribution in [1.29, 1.82) is 5.26 Å². The van der Waals surface area contributed by atoms with Gasteiger partial charge < -0.3 is 9.47 Å². The smallest absolute Gasteiger partial charge is 0.256 e. The van der Waals surface area contributed by atoms with E-state index in [1.807, 2.05) is 54.5 Å². The van der Waals surface area contributed by atoms with Gasteiger partial charge in [-0.2, -0.15) is 5.26 Å². The second-order valence-electron chi connectivity index (χ2n) is 7.95. The number of pyridine rings is 1. The molecule has 0 saturated heterocycles. The molecule has 2 aromatic heterocycles. The fourth-order valence-electron chi connectivity index (χ4n) is 3.74. The summed E-state index contributed by atoms with van der Waals surface area (Å²) < 4.78 is 2.11. The molecule has 5 nitrogen and oxygen atoms in total. The molecule has 29 heavy (non-hydrogen) atoms. The first-order valence-electron chi connectivity index (χ1n) is 10.3. The summed E-state index contributed by atoms with van der Waals surface area (Å²) in [4.78, 5) is 19.9. The molecule has 0 bridgehead atoms. The molecule has 0 atom stereocenters. The fourth-order valence-corrected chi connectivity index (χ4v) is 3.74. The molecule has 5 heteroatoms. The normalized spacial score (nSPS) is 13.4. The number of aromatic nitrogens is 2. The van der Waals surface area contributed by atoms with Crippen LogP contribution in [0.25, 0.3) is 10.9 Å². The van der Waals surface area contributed by atoms with Crippen molar-refractivity contribution >= 4 is 16.8 Å². The van der Waals surface area contributed by atoms with Crippen molar-refractivity contribution in [2.24, 2.45) is 5.92 Å². The van der Waals surface area contributed by atoms with Crippen LogP contribution in [0, 0.1) is 24.2 Å². The summed E-state index contributed by atoms with van der Waals surface area (Å²) in [5.74, 6) is 0.689. The summed E-state index contributed by atoms with van der Waals surface area (Å²) in [7, 11) is 0. The van der Waals surface area contributed by atoms with E-state index in [-0.39, 0.29) is 5.91 Å². The third-order valence-corrected chi connectivity index (χ3v) is 5.52. The second kappa shape index (κ2) is 8.48. The van der Waals surface area contributed by atoms with Crippen LogP contribution < -0.4 is 0 Å². The van der Waals surface area contributed by atoms with E-state index in [2.05, 4.69) is 21.7 Å². The monoisotopic (exact) mass is 386 g/mol. The molecule has 3 aromatic rings. The Bertz CT molecular complexity index is 1040. The number of para-hydroxylation sites is 1. The SMILES string of the molecule is Cc1ccc(CN(CC2CC2)C(=O)c2cn(CCCC#N)c3ccccc23)cn1. The predicted molar refractivity (Wildman–Crippen MR) is 113 cm³/mol. The molecule has 1 aromatic carbocycles. The molecule has 4 rings (SSSR count). The Kier molecular flexibility index (Phi) is 5.62. The van der Waals surface area contributed by atoms with Crippen molar-refractivity contribution < 1.29 is 4.79 Å². The van der Waals surface area contributed by atoms with Gasteiger partial charge in [-0.05, 0) is 49.8 Å². The number of hydrogen-bond acceptors (Lipinski definition) is 3. The third kappa shape index (κ3) is 4.48. The summed E-state index contributed by atoms with van der Waals surface area (Å²) in [6.07, 6.45) is 7.54. The highest BCUT2D eigenvalue weighted by atomic mass is 16.2. The highest BCUT2D eigenvalue weighted by Crippen LogP contribution is 2.32. The van der Waals surface area contributed by atoms with Gasteiger partial charge in [-0.3, -0.25) is 9.78 Å². The van der Waals surface area contributed by atoms with Crippen LogP contribution in [-0.2, 0) is 13.1 Å². The lowest BCUT2D eigenvalue weighted by Crippen LogP contribution is -2.32. The van der Waals surface area contributed by atoms with E-state index in [4.69, 9.17) is 5.26 Å². The minimum atomic E-state index is 0.0766. The highest BCUT2D eigenvalue weighted by Gasteiger charge is 2.28. The Morgan fingerprint density at radius 1 is 1.28 bits per heavy atom. The Morgan fingerprint density at radius 2 is 2.10 bits per heavy atom. The fraction of sp³-hybridized carbons (Fsp3) is 0.375.